The van der Waals surface area contributed by atoms with Crippen molar-refractivity contribution in [2.24, 2.45) is 0 Å². The molecule has 24 heavy (non-hydrogen) atoms. The first-order valence-electron chi connectivity index (χ1n) is 7.11. The van der Waals surface area contributed by atoms with Gasteiger partial charge in [-0.05, 0) is 46.3 Å². The zero-order valence-electron chi connectivity index (χ0n) is 12.8. The molecule has 8 heteroatoms. The van der Waals surface area contributed by atoms with Crippen LogP contribution >= 0.6 is 0 Å². The number of rotatable bonds is 5. The van der Waals surface area contributed by atoms with Crippen LogP contribution in [0, 0.1) is 5.82 Å². The van der Waals surface area contributed by atoms with Crippen molar-refractivity contribution in [2.45, 2.75) is 6.42 Å². The third-order valence-electron chi connectivity index (χ3n) is 3.34. The number of nitrogens with zero attached hydrogens (tertiary/aromatic N) is 4. The topological polar surface area (TPSA) is 81.9 Å². The van der Waals surface area contributed by atoms with E-state index in [0.717, 1.165) is 5.56 Å². The first-order chi connectivity index (χ1) is 11.7. The molecule has 1 aromatic heterocycles. The van der Waals surface area contributed by atoms with E-state index >= 15 is 0 Å². The second-order valence-corrected chi connectivity index (χ2v) is 4.99. The summed E-state index contributed by atoms with van der Waals surface area (Å²) in [5, 5.41) is 13.8. The summed E-state index contributed by atoms with van der Waals surface area (Å²) in [6.45, 7) is 0. The highest BCUT2D eigenvalue weighted by Gasteiger charge is 2.10. The number of nitrogens with one attached hydrogen (secondary N) is 1. The highest BCUT2D eigenvalue weighted by atomic mass is 19.1. The Hall–Kier alpha value is -3.29. The summed E-state index contributed by atoms with van der Waals surface area (Å²) in [5.74, 6) is 0.0219. The minimum atomic E-state index is -0.333. The van der Waals surface area contributed by atoms with Crippen molar-refractivity contribution >= 4 is 11.6 Å². The standard InChI is InChI=1S/C16H14FN5O2/c1-24-15-7-6-13(9-14(15)22-10-18-20-21-22)19-16(23)8-11-2-4-12(17)5-3-11/h2-7,9-10H,8H2,1H3,(H,19,23). The van der Waals surface area contributed by atoms with Gasteiger partial charge in [-0.1, -0.05) is 12.1 Å². The van der Waals surface area contributed by atoms with Gasteiger partial charge in [-0.3, -0.25) is 4.79 Å². The minimum absolute atomic E-state index is 0.145. The van der Waals surface area contributed by atoms with Crippen molar-refractivity contribution in [1.29, 1.82) is 0 Å². The molecule has 0 unspecified atom stereocenters. The number of ether oxygens (including phenoxy) is 1. The Balaban J connectivity index is 1.76. The van der Waals surface area contributed by atoms with Gasteiger partial charge in [0.25, 0.3) is 0 Å². The molecule has 7 nitrogen and oxygen atoms in total. The first-order valence-corrected chi connectivity index (χ1v) is 7.11. The molecular weight excluding hydrogens is 313 g/mol. The van der Waals surface area contributed by atoms with Crippen LogP contribution in [0.3, 0.4) is 0 Å². The number of benzene rings is 2. The number of aromatic nitrogens is 4. The lowest BCUT2D eigenvalue weighted by atomic mass is 10.1. The maximum Gasteiger partial charge on any atom is 0.228 e. The fourth-order valence-electron chi connectivity index (χ4n) is 2.21. The molecule has 0 radical (unpaired) electrons. The molecule has 0 atom stereocenters. The van der Waals surface area contributed by atoms with E-state index < -0.39 is 0 Å². The molecule has 0 aliphatic rings. The van der Waals surface area contributed by atoms with Gasteiger partial charge in [-0.2, -0.15) is 4.68 Å². The second kappa shape index (κ2) is 6.86. The molecule has 0 spiro atoms. The van der Waals surface area contributed by atoms with Crippen LogP contribution in [-0.2, 0) is 11.2 Å². The Morgan fingerprint density at radius 2 is 2.04 bits per heavy atom. The fraction of sp³-hybridized carbons (Fsp3) is 0.125. The number of amides is 1. The Morgan fingerprint density at radius 1 is 1.25 bits per heavy atom. The Morgan fingerprint density at radius 3 is 2.71 bits per heavy atom. The molecule has 2 aromatic carbocycles. The van der Waals surface area contributed by atoms with Crippen LogP contribution in [0.15, 0.2) is 48.8 Å². The summed E-state index contributed by atoms with van der Waals surface area (Å²) in [4.78, 5) is 12.1. The third kappa shape index (κ3) is 3.54. The van der Waals surface area contributed by atoms with Gasteiger partial charge in [-0.15, -0.1) is 5.10 Å². The smallest absolute Gasteiger partial charge is 0.228 e. The predicted octanol–water partition coefficient (Wildman–Crippen LogP) is 1.99. The number of tetrazole rings is 1. The summed E-state index contributed by atoms with van der Waals surface area (Å²) >= 11 is 0. The summed E-state index contributed by atoms with van der Waals surface area (Å²) in [6, 6.07) is 10.9. The van der Waals surface area contributed by atoms with E-state index in [0.29, 0.717) is 17.1 Å². The lowest BCUT2D eigenvalue weighted by molar-refractivity contribution is -0.115. The average Bonchev–Trinajstić information content (AvgIpc) is 3.11. The summed E-state index contributed by atoms with van der Waals surface area (Å²) in [7, 11) is 1.54. The third-order valence-corrected chi connectivity index (χ3v) is 3.34. The van der Waals surface area contributed by atoms with Crippen molar-refractivity contribution in [1.82, 2.24) is 20.2 Å². The number of methoxy groups -OCH3 is 1. The predicted molar refractivity (Wildman–Crippen MR) is 84.4 cm³/mol. The summed E-state index contributed by atoms with van der Waals surface area (Å²) < 4.78 is 19.6. The van der Waals surface area contributed by atoms with Crippen LogP contribution in [0.2, 0.25) is 0 Å². The molecule has 3 rings (SSSR count). The van der Waals surface area contributed by atoms with Gasteiger partial charge >= 0.3 is 0 Å². The highest BCUT2D eigenvalue weighted by molar-refractivity contribution is 5.92. The number of hydrogen-bond acceptors (Lipinski definition) is 5. The van der Waals surface area contributed by atoms with E-state index in [1.807, 2.05) is 0 Å². The number of anilines is 1. The number of carbonyl (C=O) groups excluding carboxylic acids is 1. The maximum absolute atomic E-state index is 12.9. The zero-order valence-corrected chi connectivity index (χ0v) is 12.8. The second-order valence-electron chi connectivity index (χ2n) is 4.99. The Bertz CT molecular complexity index is 834. The molecule has 0 fully saturated rings. The van der Waals surface area contributed by atoms with Crippen LogP contribution in [0.4, 0.5) is 10.1 Å². The first kappa shape index (κ1) is 15.6. The van der Waals surface area contributed by atoms with Crippen LogP contribution in [-0.4, -0.2) is 33.2 Å². The lowest BCUT2D eigenvalue weighted by Gasteiger charge is -2.11. The van der Waals surface area contributed by atoms with E-state index in [4.69, 9.17) is 4.74 Å². The maximum atomic E-state index is 12.9. The molecule has 0 bridgehead atoms. The average molecular weight is 327 g/mol. The van der Waals surface area contributed by atoms with Gasteiger partial charge in [0.15, 0.2) is 0 Å². The monoisotopic (exact) mass is 327 g/mol. The molecule has 1 heterocycles. The van der Waals surface area contributed by atoms with Crippen LogP contribution < -0.4 is 10.1 Å². The molecule has 0 aliphatic heterocycles. The van der Waals surface area contributed by atoms with E-state index in [1.54, 1.807) is 30.3 Å². The normalized spacial score (nSPS) is 10.4. The van der Waals surface area contributed by atoms with Crippen molar-refractivity contribution in [3.8, 4) is 11.4 Å². The SMILES string of the molecule is COc1ccc(NC(=O)Cc2ccc(F)cc2)cc1-n1cnnn1. The van der Waals surface area contributed by atoms with Crippen LogP contribution in [0.25, 0.3) is 5.69 Å². The van der Waals surface area contributed by atoms with Gasteiger partial charge in [-0.25, -0.2) is 4.39 Å². The minimum Gasteiger partial charge on any atom is -0.494 e. The largest absolute Gasteiger partial charge is 0.494 e. The number of hydrogen-bond donors (Lipinski definition) is 1. The van der Waals surface area contributed by atoms with E-state index in [-0.39, 0.29) is 18.1 Å². The highest BCUT2D eigenvalue weighted by Crippen LogP contribution is 2.25. The summed E-state index contributed by atoms with van der Waals surface area (Å²) in [5.41, 5.74) is 1.90. The van der Waals surface area contributed by atoms with Gasteiger partial charge < -0.3 is 10.1 Å². The van der Waals surface area contributed by atoms with Crippen molar-refractivity contribution < 1.29 is 13.9 Å². The molecule has 3 aromatic rings. The van der Waals surface area contributed by atoms with E-state index in [1.165, 1.54) is 30.3 Å². The molecule has 0 saturated carbocycles. The fourth-order valence-corrected chi connectivity index (χ4v) is 2.21. The summed E-state index contributed by atoms with van der Waals surface area (Å²) in [6.07, 6.45) is 1.58. The zero-order chi connectivity index (χ0) is 16.9. The van der Waals surface area contributed by atoms with Gasteiger partial charge in [0.2, 0.25) is 5.91 Å². The molecule has 0 aliphatic carbocycles. The van der Waals surface area contributed by atoms with Crippen LogP contribution in [0.5, 0.6) is 5.75 Å². The Kier molecular flexibility index (Phi) is 4.46. The van der Waals surface area contributed by atoms with E-state index in [9.17, 15) is 9.18 Å². The quantitative estimate of drug-likeness (QED) is 0.775. The molecule has 1 N–H and O–H groups in total. The number of carbonyl (C=O) groups is 1. The van der Waals surface area contributed by atoms with E-state index in [2.05, 4.69) is 20.8 Å². The molecule has 1 amide bonds. The number of halogens is 1. The molecular formula is C16H14FN5O2. The van der Waals surface area contributed by atoms with Crippen molar-refractivity contribution in [3.63, 3.8) is 0 Å². The van der Waals surface area contributed by atoms with Gasteiger partial charge in [0.05, 0.1) is 13.5 Å². The van der Waals surface area contributed by atoms with Crippen molar-refractivity contribution in [2.75, 3.05) is 12.4 Å². The Labute approximate surface area is 137 Å². The van der Waals surface area contributed by atoms with Crippen molar-refractivity contribution in [3.05, 3.63) is 60.2 Å². The van der Waals surface area contributed by atoms with Gasteiger partial charge in [0.1, 0.15) is 23.6 Å². The molecule has 0 saturated heterocycles. The lowest BCUT2D eigenvalue weighted by Crippen LogP contribution is -2.14. The molecule has 122 valence electrons. The van der Waals surface area contributed by atoms with Gasteiger partial charge in [0, 0.05) is 5.69 Å². The van der Waals surface area contributed by atoms with Crippen LogP contribution in [0.1, 0.15) is 5.56 Å².